The van der Waals surface area contributed by atoms with Gasteiger partial charge in [0.05, 0.1) is 6.42 Å². The van der Waals surface area contributed by atoms with Gasteiger partial charge in [0.2, 0.25) is 11.8 Å². The summed E-state index contributed by atoms with van der Waals surface area (Å²) in [5, 5.41) is 7.10. The summed E-state index contributed by atoms with van der Waals surface area (Å²) >= 11 is 3.00. The fourth-order valence-electron chi connectivity index (χ4n) is 4.29. The van der Waals surface area contributed by atoms with E-state index in [-0.39, 0.29) is 30.1 Å². The van der Waals surface area contributed by atoms with Gasteiger partial charge in [-0.2, -0.15) is 0 Å². The number of rotatable bonds is 8. The quantitative estimate of drug-likeness (QED) is 0.416. The van der Waals surface area contributed by atoms with E-state index in [0.29, 0.717) is 11.3 Å². The second-order valence-corrected chi connectivity index (χ2v) is 10.4. The van der Waals surface area contributed by atoms with Gasteiger partial charge in [-0.05, 0) is 66.9 Å². The largest absolute Gasteiger partial charge is 0.351 e. The third-order valence-electron chi connectivity index (χ3n) is 6.00. The van der Waals surface area contributed by atoms with Crippen LogP contribution in [0.3, 0.4) is 0 Å². The third kappa shape index (κ3) is 5.78. The molecule has 3 aromatic rings. The van der Waals surface area contributed by atoms with Crippen molar-refractivity contribution in [2.45, 2.75) is 57.5 Å². The molecule has 1 unspecified atom stereocenters. The number of Topliss-reactive ketones (excluding diaryl/α,β-unsaturated/α-hetero) is 1. The molecule has 1 N–H and O–H groups in total. The van der Waals surface area contributed by atoms with Gasteiger partial charge < -0.3 is 5.32 Å². The first-order valence-electron chi connectivity index (χ1n) is 11.3. The lowest BCUT2D eigenvalue weighted by atomic mass is 9.95. The van der Waals surface area contributed by atoms with Crippen LogP contribution in [-0.4, -0.2) is 23.6 Å². The SMILES string of the molecule is CC(=O)c1ccc(N(C(=O)Cc2cccs2)C(C(=O)NC2CCCCC2)c2cccs2)cc1. The highest BCUT2D eigenvalue weighted by Gasteiger charge is 2.34. The van der Waals surface area contributed by atoms with Crippen LogP contribution in [0.1, 0.15) is 65.2 Å². The number of nitrogens with zero attached hydrogens (tertiary/aromatic N) is 1. The Kier molecular flexibility index (Phi) is 7.73. The zero-order valence-electron chi connectivity index (χ0n) is 18.7. The Labute approximate surface area is 202 Å². The smallest absolute Gasteiger partial charge is 0.248 e. The summed E-state index contributed by atoms with van der Waals surface area (Å²) in [5.74, 6) is -0.340. The van der Waals surface area contributed by atoms with Crippen molar-refractivity contribution in [2.75, 3.05) is 4.90 Å². The number of hydrogen-bond acceptors (Lipinski definition) is 5. The monoisotopic (exact) mass is 480 g/mol. The summed E-state index contributed by atoms with van der Waals surface area (Å²) in [5.41, 5.74) is 1.18. The molecule has 0 aliphatic heterocycles. The van der Waals surface area contributed by atoms with Gasteiger partial charge in [-0.3, -0.25) is 19.3 Å². The lowest BCUT2D eigenvalue weighted by Crippen LogP contribution is -2.47. The third-order valence-corrected chi connectivity index (χ3v) is 7.80. The topological polar surface area (TPSA) is 66.5 Å². The van der Waals surface area contributed by atoms with Crippen LogP contribution in [0.5, 0.6) is 0 Å². The van der Waals surface area contributed by atoms with E-state index in [1.165, 1.54) is 36.0 Å². The van der Waals surface area contributed by atoms with Gasteiger partial charge in [0.15, 0.2) is 5.78 Å². The van der Waals surface area contributed by atoms with Crippen molar-refractivity contribution in [3.8, 4) is 0 Å². The number of carbonyl (C=O) groups is 3. The minimum absolute atomic E-state index is 0.0390. The summed E-state index contributed by atoms with van der Waals surface area (Å²) < 4.78 is 0. The maximum Gasteiger partial charge on any atom is 0.248 e. The number of hydrogen-bond donors (Lipinski definition) is 1. The van der Waals surface area contributed by atoms with Crippen LogP contribution in [0.2, 0.25) is 0 Å². The van der Waals surface area contributed by atoms with E-state index in [1.807, 2.05) is 35.0 Å². The highest BCUT2D eigenvalue weighted by Crippen LogP contribution is 2.32. The van der Waals surface area contributed by atoms with Gasteiger partial charge in [-0.1, -0.05) is 31.4 Å². The Morgan fingerprint density at radius 1 is 0.970 bits per heavy atom. The molecule has 1 saturated carbocycles. The molecule has 5 nitrogen and oxygen atoms in total. The number of thiophene rings is 2. The lowest BCUT2D eigenvalue weighted by molar-refractivity contribution is -0.127. The zero-order valence-corrected chi connectivity index (χ0v) is 20.3. The van der Waals surface area contributed by atoms with Crippen molar-refractivity contribution < 1.29 is 14.4 Å². The molecule has 4 rings (SSSR count). The molecular weight excluding hydrogens is 452 g/mol. The first-order valence-corrected chi connectivity index (χ1v) is 13.1. The van der Waals surface area contributed by atoms with Crippen molar-refractivity contribution in [3.05, 3.63) is 74.6 Å². The second kappa shape index (κ2) is 10.9. The van der Waals surface area contributed by atoms with Gasteiger partial charge in [-0.15, -0.1) is 22.7 Å². The van der Waals surface area contributed by atoms with E-state index in [0.717, 1.165) is 35.4 Å². The Balaban J connectivity index is 1.70. The lowest BCUT2D eigenvalue weighted by Gasteiger charge is -2.33. The van der Waals surface area contributed by atoms with Gasteiger partial charge in [-0.25, -0.2) is 0 Å². The van der Waals surface area contributed by atoms with Gasteiger partial charge >= 0.3 is 0 Å². The van der Waals surface area contributed by atoms with E-state index in [4.69, 9.17) is 0 Å². The molecule has 1 fully saturated rings. The standard InChI is InChI=1S/C26H28N2O3S2/c1-18(29)19-11-13-21(14-12-19)28(24(30)17-22-9-5-15-32-22)25(23-10-6-16-33-23)26(31)27-20-7-3-2-4-8-20/h5-6,9-16,20,25H,2-4,7-8,17H2,1H3,(H,27,31). The van der Waals surface area contributed by atoms with Crippen LogP contribution in [0.4, 0.5) is 5.69 Å². The summed E-state index contributed by atoms with van der Waals surface area (Å²) in [7, 11) is 0. The van der Waals surface area contributed by atoms with Crippen molar-refractivity contribution in [3.63, 3.8) is 0 Å². The average molecular weight is 481 g/mol. The summed E-state index contributed by atoms with van der Waals surface area (Å²) in [6.07, 6.45) is 5.59. The summed E-state index contributed by atoms with van der Waals surface area (Å²) in [4.78, 5) is 42.5. The second-order valence-electron chi connectivity index (χ2n) is 8.38. The molecule has 1 atom stereocenters. The van der Waals surface area contributed by atoms with Crippen molar-refractivity contribution in [2.24, 2.45) is 0 Å². The number of carbonyl (C=O) groups excluding carboxylic acids is 3. The zero-order chi connectivity index (χ0) is 23.2. The van der Waals surface area contributed by atoms with E-state index < -0.39 is 6.04 Å². The number of anilines is 1. The first-order chi connectivity index (χ1) is 16.0. The summed E-state index contributed by atoms with van der Waals surface area (Å²) in [6, 6.07) is 14.0. The van der Waals surface area contributed by atoms with Gasteiger partial charge in [0.1, 0.15) is 6.04 Å². The number of amides is 2. The number of benzene rings is 1. The highest BCUT2D eigenvalue weighted by molar-refractivity contribution is 7.10. The molecule has 0 saturated heterocycles. The van der Waals surface area contributed by atoms with Crippen LogP contribution >= 0.6 is 22.7 Å². The molecule has 33 heavy (non-hydrogen) atoms. The van der Waals surface area contributed by atoms with E-state index in [2.05, 4.69) is 5.32 Å². The average Bonchev–Trinajstić information content (AvgIpc) is 3.52. The Morgan fingerprint density at radius 2 is 1.67 bits per heavy atom. The molecular formula is C26H28N2O3S2. The molecule has 7 heteroatoms. The van der Waals surface area contributed by atoms with E-state index in [9.17, 15) is 14.4 Å². The molecule has 2 aromatic heterocycles. The normalized spacial score (nSPS) is 15.1. The van der Waals surface area contributed by atoms with Crippen LogP contribution in [0, 0.1) is 0 Å². The first kappa shape index (κ1) is 23.4. The van der Waals surface area contributed by atoms with Crippen LogP contribution < -0.4 is 10.2 Å². The molecule has 1 aliphatic carbocycles. The predicted molar refractivity (Wildman–Crippen MR) is 134 cm³/mol. The van der Waals surface area contributed by atoms with Crippen molar-refractivity contribution in [1.82, 2.24) is 5.32 Å². The van der Waals surface area contributed by atoms with Crippen LogP contribution in [0.25, 0.3) is 0 Å². The fourth-order valence-corrected chi connectivity index (χ4v) is 5.80. The van der Waals surface area contributed by atoms with Crippen molar-refractivity contribution >= 4 is 46.0 Å². The number of ketones is 1. The highest BCUT2D eigenvalue weighted by atomic mass is 32.1. The van der Waals surface area contributed by atoms with E-state index >= 15 is 0 Å². The Morgan fingerprint density at radius 3 is 2.27 bits per heavy atom. The molecule has 0 spiro atoms. The molecule has 1 aromatic carbocycles. The summed E-state index contributed by atoms with van der Waals surface area (Å²) in [6.45, 7) is 1.51. The maximum absolute atomic E-state index is 13.7. The number of nitrogens with one attached hydrogen (secondary N) is 1. The molecule has 1 aliphatic rings. The molecule has 0 bridgehead atoms. The fraction of sp³-hybridized carbons (Fsp3) is 0.346. The van der Waals surface area contributed by atoms with Crippen LogP contribution in [0.15, 0.2) is 59.3 Å². The molecule has 2 amide bonds. The molecule has 2 heterocycles. The molecule has 172 valence electrons. The Bertz CT molecular complexity index is 1070. The van der Waals surface area contributed by atoms with Gasteiger partial charge in [0, 0.05) is 27.0 Å². The van der Waals surface area contributed by atoms with Crippen LogP contribution in [-0.2, 0) is 16.0 Å². The Hall–Kier alpha value is -2.77. The molecule has 0 radical (unpaired) electrons. The van der Waals surface area contributed by atoms with E-state index in [1.54, 1.807) is 29.2 Å². The minimum atomic E-state index is -0.762. The van der Waals surface area contributed by atoms with Gasteiger partial charge in [0.25, 0.3) is 0 Å². The predicted octanol–water partition coefficient (Wildman–Crippen LogP) is 5.78. The maximum atomic E-state index is 13.7. The minimum Gasteiger partial charge on any atom is -0.351 e. The van der Waals surface area contributed by atoms with Crippen molar-refractivity contribution in [1.29, 1.82) is 0 Å².